The zero-order valence-corrected chi connectivity index (χ0v) is 9.74. The summed E-state index contributed by atoms with van der Waals surface area (Å²) in [6, 6.07) is 11.6. The first-order valence-corrected chi connectivity index (χ1v) is 6.11. The lowest BCUT2D eigenvalue weighted by Crippen LogP contribution is -2.28. The molecule has 1 nitrogen and oxygen atoms in total. The van der Waals surface area contributed by atoms with Gasteiger partial charge in [-0.3, -0.25) is 0 Å². The molecule has 15 heavy (non-hydrogen) atoms. The van der Waals surface area contributed by atoms with E-state index in [0.717, 1.165) is 18.4 Å². The summed E-state index contributed by atoms with van der Waals surface area (Å²) in [5, 5.41) is 3.59. The molecule has 0 aromatic heterocycles. The van der Waals surface area contributed by atoms with Crippen molar-refractivity contribution >= 4 is 0 Å². The quantitative estimate of drug-likeness (QED) is 0.775. The largest absolute Gasteiger partial charge is 0.314 e. The third kappa shape index (κ3) is 2.60. The highest BCUT2D eigenvalue weighted by atomic mass is 14.9. The Kier molecular flexibility index (Phi) is 3.42. The van der Waals surface area contributed by atoms with Crippen molar-refractivity contribution in [1.29, 1.82) is 0 Å². The second kappa shape index (κ2) is 4.80. The minimum Gasteiger partial charge on any atom is -0.314 e. The van der Waals surface area contributed by atoms with Crippen molar-refractivity contribution in [2.45, 2.75) is 38.6 Å². The van der Waals surface area contributed by atoms with Crippen LogP contribution in [0, 0.1) is 5.92 Å². The van der Waals surface area contributed by atoms with Crippen molar-refractivity contribution < 1.29 is 0 Å². The van der Waals surface area contributed by atoms with Crippen LogP contribution >= 0.6 is 0 Å². The van der Waals surface area contributed by atoms with E-state index >= 15 is 0 Å². The van der Waals surface area contributed by atoms with Gasteiger partial charge in [0.2, 0.25) is 0 Å². The standard InChI is InChI=1S/C14H21N/c1-3-9-15-11(2)13-10-14(13)12-7-5-4-6-8-12/h4-8,11,13-15H,3,9-10H2,1-2H3. The molecule has 1 aromatic carbocycles. The van der Waals surface area contributed by atoms with Crippen LogP contribution < -0.4 is 5.32 Å². The molecule has 3 atom stereocenters. The third-order valence-corrected chi connectivity index (χ3v) is 3.43. The van der Waals surface area contributed by atoms with E-state index in [-0.39, 0.29) is 0 Å². The Labute approximate surface area is 92.9 Å². The lowest BCUT2D eigenvalue weighted by atomic mass is 10.1. The van der Waals surface area contributed by atoms with E-state index in [2.05, 4.69) is 49.5 Å². The summed E-state index contributed by atoms with van der Waals surface area (Å²) in [6.45, 7) is 5.70. The second-order valence-corrected chi connectivity index (χ2v) is 4.66. The average Bonchev–Trinajstić information content (AvgIpc) is 3.07. The summed E-state index contributed by atoms with van der Waals surface area (Å²) in [4.78, 5) is 0. The molecule has 2 rings (SSSR count). The van der Waals surface area contributed by atoms with Crippen LogP contribution in [0.3, 0.4) is 0 Å². The molecule has 1 aliphatic rings. The molecule has 0 aliphatic heterocycles. The fourth-order valence-electron chi connectivity index (χ4n) is 2.37. The van der Waals surface area contributed by atoms with Gasteiger partial charge in [0.15, 0.2) is 0 Å². The first kappa shape index (κ1) is 10.7. The van der Waals surface area contributed by atoms with Gasteiger partial charge in [-0.2, -0.15) is 0 Å². The molecule has 0 saturated heterocycles. The van der Waals surface area contributed by atoms with Gasteiger partial charge in [0, 0.05) is 6.04 Å². The highest BCUT2D eigenvalue weighted by molar-refractivity contribution is 5.26. The summed E-state index contributed by atoms with van der Waals surface area (Å²) in [5.41, 5.74) is 1.52. The maximum Gasteiger partial charge on any atom is 0.00730 e. The maximum absolute atomic E-state index is 3.59. The zero-order chi connectivity index (χ0) is 10.7. The third-order valence-electron chi connectivity index (χ3n) is 3.43. The monoisotopic (exact) mass is 203 g/mol. The number of hydrogen-bond donors (Lipinski definition) is 1. The number of hydrogen-bond acceptors (Lipinski definition) is 1. The van der Waals surface area contributed by atoms with Crippen LogP contribution in [0.5, 0.6) is 0 Å². The SMILES string of the molecule is CCCNC(C)C1CC1c1ccccc1. The zero-order valence-electron chi connectivity index (χ0n) is 9.74. The first-order valence-electron chi connectivity index (χ1n) is 6.11. The van der Waals surface area contributed by atoms with E-state index in [9.17, 15) is 0 Å². The Morgan fingerprint density at radius 3 is 2.73 bits per heavy atom. The van der Waals surface area contributed by atoms with E-state index in [0.29, 0.717) is 6.04 Å². The summed E-state index contributed by atoms with van der Waals surface area (Å²) in [6.07, 6.45) is 2.59. The lowest BCUT2D eigenvalue weighted by Gasteiger charge is -2.12. The van der Waals surface area contributed by atoms with E-state index in [1.807, 2.05) is 0 Å². The van der Waals surface area contributed by atoms with Gasteiger partial charge in [0.1, 0.15) is 0 Å². The second-order valence-electron chi connectivity index (χ2n) is 4.66. The van der Waals surface area contributed by atoms with Gasteiger partial charge in [0.25, 0.3) is 0 Å². The molecule has 0 bridgehead atoms. The van der Waals surface area contributed by atoms with Crippen molar-refractivity contribution in [3.8, 4) is 0 Å². The fraction of sp³-hybridized carbons (Fsp3) is 0.571. The van der Waals surface area contributed by atoms with E-state index in [1.165, 1.54) is 18.4 Å². The van der Waals surface area contributed by atoms with Gasteiger partial charge in [-0.25, -0.2) is 0 Å². The number of nitrogens with one attached hydrogen (secondary N) is 1. The molecule has 1 fully saturated rings. The molecule has 0 radical (unpaired) electrons. The summed E-state index contributed by atoms with van der Waals surface area (Å²) in [5.74, 6) is 1.67. The molecule has 82 valence electrons. The molecular formula is C14H21N. The van der Waals surface area contributed by atoms with Crippen molar-refractivity contribution in [3.63, 3.8) is 0 Å². The molecule has 1 saturated carbocycles. The van der Waals surface area contributed by atoms with Gasteiger partial charge in [-0.15, -0.1) is 0 Å². The van der Waals surface area contributed by atoms with Crippen LogP contribution in [0.4, 0.5) is 0 Å². The predicted octanol–water partition coefficient (Wildman–Crippen LogP) is 3.18. The van der Waals surface area contributed by atoms with Gasteiger partial charge in [-0.1, -0.05) is 37.3 Å². The molecule has 1 heteroatoms. The molecule has 1 aromatic rings. The molecule has 1 aliphatic carbocycles. The molecular weight excluding hydrogens is 182 g/mol. The van der Waals surface area contributed by atoms with Crippen LogP contribution in [-0.2, 0) is 0 Å². The predicted molar refractivity (Wildman–Crippen MR) is 65.0 cm³/mol. The van der Waals surface area contributed by atoms with E-state index < -0.39 is 0 Å². The number of benzene rings is 1. The highest BCUT2D eigenvalue weighted by Gasteiger charge is 2.41. The Hall–Kier alpha value is -0.820. The molecule has 1 N–H and O–H groups in total. The van der Waals surface area contributed by atoms with Crippen LogP contribution in [-0.4, -0.2) is 12.6 Å². The number of rotatable bonds is 5. The summed E-state index contributed by atoms with van der Waals surface area (Å²) >= 11 is 0. The average molecular weight is 203 g/mol. The smallest absolute Gasteiger partial charge is 0.00730 e. The normalized spacial score (nSPS) is 26.3. The minimum atomic E-state index is 0.676. The molecule has 3 unspecified atom stereocenters. The highest BCUT2D eigenvalue weighted by Crippen LogP contribution is 2.49. The summed E-state index contributed by atoms with van der Waals surface area (Å²) < 4.78 is 0. The van der Waals surface area contributed by atoms with E-state index in [4.69, 9.17) is 0 Å². The lowest BCUT2D eigenvalue weighted by molar-refractivity contribution is 0.488. The Bertz CT molecular complexity index is 293. The van der Waals surface area contributed by atoms with Crippen LogP contribution in [0.25, 0.3) is 0 Å². The van der Waals surface area contributed by atoms with Crippen LogP contribution in [0.1, 0.15) is 38.2 Å². The molecule has 0 spiro atoms. The van der Waals surface area contributed by atoms with Gasteiger partial charge in [-0.05, 0) is 43.7 Å². The van der Waals surface area contributed by atoms with Crippen molar-refractivity contribution in [2.75, 3.05) is 6.54 Å². The van der Waals surface area contributed by atoms with Crippen molar-refractivity contribution in [1.82, 2.24) is 5.32 Å². The fourth-order valence-corrected chi connectivity index (χ4v) is 2.37. The van der Waals surface area contributed by atoms with Gasteiger partial charge < -0.3 is 5.32 Å². The van der Waals surface area contributed by atoms with Crippen molar-refractivity contribution in [2.24, 2.45) is 5.92 Å². The Balaban J connectivity index is 1.85. The van der Waals surface area contributed by atoms with Gasteiger partial charge >= 0.3 is 0 Å². The Morgan fingerprint density at radius 2 is 2.07 bits per heavy atom. The minimum absolute atomic E-state index is 0.676. The maximum atomic E-state index is 3.59. The van der Waals surface area contributed by atoms with E-state index in [1.54, 1.807) is 0 Å². The van der Waals surface area contributed by atoms with Crippen LogP contribution in [0.15, 0.2) is 30.3 Å². The van der Waals surface area contributed by atoms with Crippen LogP contribution in [0.2, 0.25) is 0 Å². The van der Waals surface area contributed by atoms with Gasteiger partial charge in [0.05, 0.1) is 0 Å². The first-order chi connectivity index (χ1) is 7.33. The summed E-state index contributed by atoms with van der Waals surface area (Å²) in [7, 11) is 0. The van der Waals surface area contributed by atoms with Crippen molar-refractivity contribution in [3.05, 3.63) is 35.9 Å². The topological polar surface area (TPSA) is 12.0 Å². The Morgan fingerprint density at radius 1 is 1.33 bits per heavy atom. The molecule has 0 amide bonds. The molecule has 0 heterocycles.